The van der Waals surface area contributed by atoms with Gasteiger partial charge in [-0.2, -0.15) is 0 Å². The van der Waals surface area contributed by atoms with Crippen molar-refractivity contribution in [2.24, 2.45) is 11.8 Å². The molecule has 0 saturated carbocycles. The van der Waals surface area contributed by atoms with E-state index in [1.165, 1.54) is 0 Å². The number of amides is 3. The third kappa shape index (κ3) is 5.83. The summed E-state index contributed by atoms with van der Waals surface area (Å²) in [5.74, 6) is -1.53. The molecule has 0 aromatic heterocycles. The van der Waals surface area contributed by atoms with Crippen molar-refractivity contribution in [2.45, 2.75) is 102 Å². The summed E-state index contributed by atoms with van der Waals surface area (Å²) >= 11 is 0. The van der Waals surface area contributed by atoms with Crippen molar-refractivity contribution in [3.8, 4) is 0 Å². The van der Waals surface area contributed by atoms with Gasteiger partial charge in [0.05, 0.1) is 17.4 Å². The Hall–Kier alpha value is -2.19. The number of unbranched alkanes of at least 4 members (excludes halogenated alkanes) is 4. The van der Waals surface area contributed by atoms with Crippen LogP contribution in [0.5, 0.6) is 0 Å². The van der Waals surface area contributed by atoms with Crippen molar-refractivity contribution in [2.75, 3.05) is 39.3 Å². The summed E-state index contributed by atoms with van der Waals surface area (Å²) in [6.45, 7) is 16.5. The topological polar surface area (TPSA) is 90.4 Å². The monoisotopic (exact) mass is 545 g/mol. The number of fused-ring (bicyclic) bond motifs is 1. The van der Waals surface area contributed by atoms with Crippen LogP contribution in [0, 0.1) is 11.8 Å². The molecular formula is C31H51N3O5. The lowest BCUT2D eigenvalue weighted by Gasteiger charge is -2.37. The second kappa shape index (κ2) is 13.9. The van der Waals surface area contributed by atoms with Gasteiger partial charge in [0.15, 0.2) is 0 Å². The van der Waals surface area contributed by atoms with E-state index in [4.69, 9.17) is 9.84 Å². The summed E-state index contributed by atoms with van der Waals surface area (Å²) < 4.78 is 6.93. The van der Waals surface area contributed by atoms with Gasteiger partial charge in [-0.15, -0.1) is 13.2 Å². The fourth-order valence-corrected chi connectivity index (χ4v) is 7.24. The normalized spacial score (nSPS) is 29.0. The second-order valence-electron chi connectivity index (χ2n) is 11.5. The van der Waals surface area contributed by atoms with E-state index in [0.29, 0.717) is 52.0 Å². The van der Waals surface area contributed by atoms with Crippen molar-refractivity contribution in [3.05, 3.63) is 25.3 Å². The van der Waals surface area contributed by atoms with Gasteiger partial charge in [0.1, 0.15) is 11.6 Å². The first-order valence-electron chi connectivity index (χ1n) is 15.2. The van der Waals surface area contributed by atoms with Crippen LogP contribution in [0.4, 0.5) is 0 Å². The first-order chi connectivity index (χ1) is 18.8. The number of carbonyl (C=O) groups is 3. The molecule has 8 heteroatoms. The maximum Gasteiger partial charge on any atom is 0.248 e. The molecule has 3 saturated heterocycles. The molecule has 1 N–H and O–H groups in total. The minimum atomic E-state index is -0.993. The van der Waals surface area contributed by atoms with Crippen LogP contribution in [0.25, 0.3) is 0 Å². The van der Waals surface area contributed by atoms with Crippen LogP contribution in [-0.2, 0) is 19.1 Å². The van der Waals surface area contributed by atoms with Gasteiger partial charge in [-0.05, 0) is 44.9 Å². The Morgan fingerprint density at radius 2 is 1.64 bits per heavy atom. The number of aliphatic hydroxyl groups excluding tert-OH is 1. The Bertz CT molecular complexity index is 893. The summed E-state index contributed by atoms with van der Waals surface area (Å²) in [4.78, 5) is 48.2. The third-order valence-corrected chi connectivity index (χ3v) is 9.09. The highest BCUT2D eigenvalue weighted by Crippen LogP contribution is 2.64. The number of hydrogen-bond donors (Lipinski definition) is 1. The Kier molecular flexibility index (Phi) is 11.2. The number of hydrogen-bond acceptors (Lipinski definition) is 5. The molecule has 0 aromatic carbocycles. The largest absolute Gasteiger partial charge is 0.396 e. The summed E-state index contributed by atoms with van der Waals surface area (Å²) in [6.07, 6.45) is 11.2. The molecule has 0 aliphatic carbocycles. The smallest absolute Gasteiger partial charge is 0.248 e. The van der Waals surface area contributed by atoms with Crippen LogP contribution in [0.2, 0.25) is 0 Å². The van der Waals surface area contributed by atoms with Crippen molar-refractivity contribution in [3.63, 3.8) is 0 Å². The first kappa shape index (κ1) is 31.3. The van der Waals surface area contributed by atoms with E-state index >= 15 is 0 Å². The lowest BCUT2D eigenvalue weighted by Crippen LogP contribution is -2.56. The van der Waals surface area contributed by atoms with Crippen LogP contribution >= 0.6 is 0 Å². The highest BCUT2D eigenvalue weighted by atomic mass is 16.5. The number of carbonyl (C=O) groups excluding carboxylic acids is 3. The zero-order valence-corrected chi connectivity index (χ0v) is 24.5. The van der Waals surface area contributed by atoms with Gasteiger partial charge in [-0.1, -0.05) is 52.2 Å². The number of ether oxygens (including phenoxy) is 1. The Morgan fingerprint density at radius 3 is 2.23 bits per heavy atom. The fourth-order valence-electron chi connectivity index (χ4n) is 7.24. The lowest BCUT2D eigenvalue weighted by molar-refractivity contribution is -0.155. The van der Waals surface area contributed by atoms with Gasteiger partial charge in [-0.3, -0.25) is 14.4 Å². The summed E-state index contributed by atoms with van der Waals surface area (Å²) in [5, 5.41) is 9.16. The number of aliphatic hydroxyl groups is 1. The van der Waals surface area contributed by atoms with E-state index in [2.05, 4.69) is 20.1 Å². The zero-order valence-electron chi connectivity index (χ0n) is 24.5. The van der Waals surface area contributed by atoms with Gasteiger partial charge < -0.3 is 24.5 Å². The van der Waals surface area contributed by atoms with Crippen LogP contribution in [0.3, 0.4) is 0 Å². The molecule has 0 aromatic rings. The molecule has 0 radical (unpaired) electrons. The van der Waals surface area contributed by atoms with Crippen LogP contribution in [0.15, 0.2) is 25.3 Å². The van der Waals surface area contributed by atoms with E-state index in [1.807, 2.05) is 18.7 Å². The predicted octanol–water partition coefficient (Wildman–Crippen LogP) is 3.93. The fraction of sp³-hybridized carbons (Fsp3) is 0.774. The highest BCUT2D eigenvalue weighted by molar-refractivity contribution is 5.99. The van der Waals surface area contributed by atoms with E-state index < -0.39 is 29.1 Å². The van der Waals surface area contributed by atoms with Crippen LogP contribution < -0.4 is 0 Å². The quantitative estimate of drug-likeness (QED) is 0.208. The van der Waals surface area contributed by atoms with Gasteiger partial charge in [0.2, 0.25) is 17.7 Å². The molecule has 5 atom stereocenters. The Balaban J connectivity index is 2.03. The van der Waals surface area contributed by atoms with Gasteiger partial charge in [0, 0.05) is 39.3 Å². The van der Waals surface area contributed by atoms with Crippen molar-refractivity contribution < 1.29 is 24.2 Å². The molecule has 3 amide bonds. The highest BCUT2D eigenvalue weighted by Gasteiger charge is 2.78. The lowest BCUT2D eigenvalue weighted by atomic mass is 9.64. The molecule has 3 aliphatic rings. The molecule has 2 unspecified atom stereocenters. The van der Waals surface area contributed by atoms with Crippen molar-refractivity contribution in [1.29, 1.82) is 0 Å². The maximum absolute atomic E-state index is 14.3. The molecule has 1 spiro atoms. The standard InChI is InChI=1S/C31H51N3O5/c1-6-11-21-33(20-9-4)29(38)26-31-17-16-30(10-5,39-31)24(27(36)32(18-7-2)19-8-3)25(31)28(37)34(26)22-14-12-13-15-23-35/h7,9,24-26,35H,2,4,6,8,10-23H2,1,3,5H3/t24-,25-,26?,30+,31?/m0/s1. The maximum atomic E-state index is 14.3. The van der Waals surface area contributed by atoms with Gasteiger partial charge in [0.25, 0.3) is 0 Å². The molecule has 3 fully saturated rings. The summed E-state index contributed by atoms with van der Waals surface area (Å²) in [5.41, 5.74) is -1.73. The summed E-state index contributed by atoms with van der Waals surface area (Å²) in [7, 11) is 0. The van der Waals surface area contributed by atoms with Crippen molar-refractivity contribution >= 4 is 17.7 Å². The summed E-state index contributed by atoms with van der Waals surface area (Å²) in [6, 6.07) is -0.741. The van der Waals surface area contributed by atoms with E-state index in [-0.39, 0.29) is 24.3 Å². The predicted molar refractivity (Wildman–Crippen MR) is 153 cm³/mol. The molecular weight excluding hydrogens is 494 g/mol. The van der Waals surface area contributed by atoms with Crippen LogP contribution in [0.1, 0.15) is 85.0 Å². The number of nitrogens with zero attached hydrogens (tertiary/aromatic N) is 3. The molecule has 3 rings (SSSR count). The van der Waals surface area contributed by atoms with Gasteiger partial charge >= 0.3 is 0 Å². The molecule has 39 heavy (non-hydrogen) atoms. The first-order valence-corrected chi connectivity index (χ1v) is 15.2. The van der Waals surface area contributed by atoms with Gasteiger partial charge in [-0.25, -0.2) is 0 Å². The van der Waals surface area contributed by atoms with E-state index in [1.54, 1.807) is 22.0 Å². The third-order valence-electron chi connectivity index (χ3n) is 9.09. The number of rotatable bonds is 18. The van der Waals surface area contributed by atoms with Crippen molar-refractivity contribution in [1.82, 2.24) is 14.7 Å². The molecule has 2 bridgehead atoms. The average molecular weight is 546 g/mol. The Morgan fingerprint density at radius 1 is 0.974 bits per heavy atom. The minimum absolute atomic E-state index is 0.0524. The molecule has 3 aliphatic heterocycles. The van der Waals surface area contributed by atoms with Crippen LogP contribution in [-0.4, -0.2) is 94.1 Å². The minimum Gasteiger partial charge on any atom is -0.396 e. The zero-order chi connectivity index (χ0) is 28.6. The average Bonchev–Trinajstić information content (AvgIpc) is 3.53. The second-order valence-corrected chi connectivity index (χ2v) is 11.5. The molecule has 220 valence electrons. The Labute approximate surface area is 235 Å². The van der Waals surface area contributed by atoms with E-state index in [0.717, 1.165) is 44.9 Å². The molecule has 8 nitrogen and oxygen atoms in total. The number of likely N-dealkylation sites (tertiary alicyclic amines) is 1. The van der Waals surface area contributed by atoms with E-state index in [9.17, 15) is 14.4 Å². The SMILES string of the molecule is C=CCN(CCCC)C(=O)C1N(CCCCCCO)C(=O)[C@@H]2[C@@H](C(=O)N(CC=C)CCC)[C@@]3(CC)CCC12O3. The molecule has 3 heterocycles.